The van der Waals surface area contributed by atoms with Gasteiger partial charge in [0.25, 0.3) is 0 Å². The largest absolute Gasteiger partial charge is 0.314 e. The molecule has 0 saturated carbocycles. The van der Waals surface area contributed by atoms with Gasteiger partial charge in [0.05, 0.1) is 6.61 Å². The molecule has 1 aliphatic rings. The van der Waals surface area contributed by atoms with Crippen molar-refractivity contribution in [3.63, 3.8) is 0 Å². The zero-order valence-electron chi connectivity index (χ0n) is 11.3. The molecule has 1 fully saturated rings. The highest BCUT2D eigenvalue weighted by Gasteiger charge is 2.24. The van der Waals surface area contributed by atoms with E-state index in [1.165, 1.54) is 0 Å². The molecule has 102 valence electrons. The average Bonchev–Trinajstić information content (AvgIpc) is 2.47. The van der Waals surface area contributed by atoms with Crippen LogP contribution >= 0.6 is 0 Å². The average molecular weight is 260 g/mol. The summed E-state index contributed by atoms with van der Waals surface area (Å²) in [6, 6.07) is 10.3. The maximum atomic E-state index is 11.0. The Morgan fingerprint density at radius 3 is 2.89 bits per heavy atom. The van der Waals surface area contributed by atoms with E-state index in [2.05, 4.69) is 12.2 Å². The highest BCUT2D eigenvalue weighted by Crippen LogP contribution is 2.20. The molecule has 1 aliphatic heterocycles. The van der Waals surface area contributed by atoms with Gasteiger partial charge in [-0.2, -0.15) is 0 Å². The van der Waals surface area contributed by atoms with E-state index in [-0.39, 0.29) is 0 Å². The smallest absolute Gasteiger partial charge is 0.148 e. The third-order valence-electron chi connectivity index (χ3n) is 3.26. The van der Waals surface area contributed by atoms with Gasteiger partial charge < -0.3 is 5.32 Å². The van der Waals surface area contributed by atoms with Gasteiger partial charge in [-0.15, -0.1) is 0 Å². The molecule has 1 aromatic carbocycles. The summed E-state index contributed by atoms with van der Waals surface area (Å²) in [6.07, 6.45) is 1.67. The van der Waals surface area contributed by atoms with Crippen LogP contribution in [0.4, 0.5) is 0 Å². The van der Waals surface area contributed by atoms with E-state index in [4.69, 9.17) is 4.84 Å². The number of nitrogens with zero attached hydrogens (tertiary/aromatic N) is 1. The van der Waals surface area contributed by atoms with Crippen molar-refractivity contribution in [2.45, 2.75) is 32.4 Å². The van der Waals surface area contributed by atoms with E-state index in [1.54, 1.807) is 5.06 Å². The summed E-state index contributed by atoms with van der Waals surface area (Å²) in [7, 11) is 0. The molecule has 0 bridgehead atoms. The van der Waals surface area contributed by atoms with Gasteiger partial charge in [-0.3, -0.25) is 4.84 Å². The molecule has 4 heteroatoms. The maximum absolute atomic E-state index is 11.0. The number of hydrogen-bond acceptors (Lipinski definition) is 4. The Balaban J connectivity index is 1.89. The minimum Gasteiger partial charge on any atom is -0.314 e. The summed E-state index contributed by atoms with van der Waals surface area (Å²) >= 11 is 0. The van der Waals surface area contributed by atoms with Crippen LogP contribution < -0.4 is 5.32 Å². The van der Waals surface area contributed by atoms with Crippen LogP contribution in [0.1, 0.15) is 25.3 Å². The third-order valence-corrected chi connectivity index (χ3v) is 3.26. The molecule has 1 unspecified atom stereocenters. The van der Waals surface area contributed by atoms with E-state index < -0.39 is 0 Å². The fourth-order valence-corrected chi connectivity index (χ4v) is 2.27. The number of rotatable bonds is 5. The molecular weight excluding hydrogens is 240 g/mol. The minimum absolute atomic E-state index is 0.359. The van der Waals surface area contributed by atoms with Gasteiger partial charge in [0.15, 0.2) is 0 Å². The molecule has 0 aliphatic carbocycles. The molecule has 1 atom stereocenters. The number of nitrogens with one attached hydrogen (secondary N) is 1. The van der Waals surface area contributed by atoms with Crippen LogP contribution in [-0.2, 0) is 16.2 Å². The van der Waals surface area contributed by atoms with Crippen LogP contribution in [-0.4, -0.2) is 30.1 Å². The Morgan fingerprint density at radius 1 is 1.42 bits per heavy atom. The fraction of sp³-hybridized carbons (Fsp3) is 0.467. The second kappa shape index (κ2) is 7.10. The molecule has 1 N–H and O–H groups in total. The van der Waals surface area contributed by atoms with Gasteiger partial charge in [-0.1, -0.05) is 37.3 Å². The van der Waals surface area contributed by atoms with E-state index in [9.17, 15) is 4.79 Å². The molecule has 2 rings (SSSR count). The van der Waals surface area contributed by atoms with Gasteiger partial charge in [0.2, 0.25) is 0 Å². The van der Waals surface area contributed by atoms with Gasteiger partial charge in [0.1, 0.15) is 11.6 Å². The molecule has 1 heterocycles. The number of benzene rings is 1. The van der Waals surface area contributed by atoms with Crippen molar-refractivity contribution in [2.24, 2.45) is 0 Å². The zero-order valence-corrected chi connectivity index (χ0v) is 11.3. The lowest BCUT2D eigenvalue weighted by atomic mass is 10.0. The van der Waals surface area contributed by atoms with Crippen LogP contribution in [0.2, 0.25) is 0 Å². The van der Waals surface area contributed by atoms with Gasteiger partial charge >= 0.3 is 0 Å². The minimum atomic E-state index is 0.359. The standard InChI is InChI=1S/C15H20N2O2/c1-2-16-14-8-9-17(15(10-14)11-18)19-12-13-6-4-3-5-7-13/h3-7,14,16H,2,8-10,12H2,1H3. The van der Waals surface area contributed by atoms with Crippen molar-refractivity contribution in [1.29, 1.82) is 0 Å². The van der Waals surface area contributed by atoms with E-state index >= 15 is 0 Å². The summed E-state index contributed by atoms with van der Waals surface area (Å²) < 4.78 is 0. The summed E-state index contributed by atoms with van der Waals surface area (Å²) in [5.41, 5.74) is 1.70. The highest BCUT2D eigenvalue weighted by molar-refractivity contribution is 5.51. The van der Waals surface area contributed by atoms with Crippen molar-refractivity contribution in [2.75, 3.05) is 13.1 Å². The number of carbonyl (C=O) groups excluding carboxylic acids is 1. The Hall–Kier alpha value is -1.61. The fourth-order valence-electron chi connectivity index (χ4n) is 2.27. The predicted octanol–water partition coefficient (Wildman–Crippen LogP) is 1.91. The lowest BCUT2D eigenvalue weighted by Crippen LogP contribution is -2.41. The molecule has 0 radical (unpaired) electrons. The lowest BCUT2D eigenvalue weighted by Gasteiger charge is -2.33. The number of piperidine rings is 1. The van der Waals surface area contributed by atoms with E-state index in [0.717, 1.165) is 25.1 Å². The third kappa shape index (κ3) is 3.93. The van der Waals surface area contributed by atoms with Crippen molar-refractivity contribution in [3.8, 4) is 0 Å². The van der Waals surface area contributed by atoms with Gasteiger partial charge in [0, 0.05) is 19.0 Å². The summed E-state index contributed by atoms with van der Waals surface area (Å²) in [6.45, 7) is 4.21. The second-order valence-corrected chi connectivity index (χ2v) is 4.66. The van der Waals surface area contributed by atoms with E-state index in [0.29, 0.717) is 24.8 Å². The van der Waals surface area contributed by atoms with Crippen LogP contribution in [0, 0.1) is 0 Å². The first-order valence-corrected chi connectivity index (χ1v) is 6.75. The SMILES string of the molecule is CCNC1CCN(OCc2ccccc2)C(=C=O)C1. The first-order chi connectivity index (χ1) is 9.33. The highest BCUT2D eigenvalue weighted by atomic mass is 16.7. The number of hydroxylamine groups is 2. The topological polar surface area (TPSA) is 41.6 Å². The second-order valence-electron chi connectivity index (χ2n) is 4.66. The summed E-state index contributed by atoms with van der Waals surface area (Å²) in [5.74, 6) is 2.01. The zero-order chi connectivity index (χ0) is 13.5. The van der Waals surface area contributed by atoms with E-state index in [1.807, 2.05) is 36.3 Å². The molecule has 0 spiro atoms. The first-order valence-electron chi connectivity index (χ1n) is 6.75. The van der Waals surface area contributed by atoms with Gasteiger partial charge in [-0.25, -0.2) is 9.86 Å². The van der Waals surface area contributed by atoms with Crippen molar-refractivity contribution in [1.82, 2.24) is 10.4 Å². The summed E-state index contributed by atoms with van der Waals surface area (Å²) in [5, 5.41) is 5.05. The maximum Gasteiger partial charge on any atom is 0.148 e. The normalized spacial score (nSPS) is 19.3. The monoisotopic (exact) mass is 260 g/mol. The van der Waals surface area contributed by atoms with Crippen LogP contribution in [0.3, 0.4) is 0 Å². The van der Waals surface area contributed by atoms with Crippen LogP contribution in [0.15, 0.2) is 36.0 Å². The molecule has 0 amide bonds. The molecular formula is C15H20N2O2. The Kier molecular flexibility index (Phi) is 5.16. The number of hydrogen-bond donors (Lipinski definition) is 1. The van der Waals surface area contributed by atoms with Crippen LogP contribution in [0.25, 0.3) is 0 Å². The van der Waals surface area contributed by atoms with Crippen LogP contribution in [0.5, 0.6) is 0 Å². The molecule has 4 nitrogen and oxygen atoms in total. The van der Waals surface area contributed by atoms with Crippen molar-refractivity contribution < 1.29 is 9.63 Å². The molecule has 19 heavy (non-hydrogen) atoms. The molecule has 0 aromatic heterocycles. The summed E-state index contributed by atoms with van der Waals surface area (Å²) in [4.78, 5) is 16.7. The lowest BCUT2D eigenvalue weighted by molar-refractivity contribution is -0.152. The quantitative estimate of drug-likeness (QED) is 0.821. The Bertz CT molecular complexity index is 441. The molecule has 1 aromatic rings. The predicted molar refractivity (Wildman–Crippen MR) is 73.8 cm³/mol. The van der Waals surface area contributed by atoms with Crippen molar-refractivity contribution in [3.05, 3.63) is 41.6 Å². The van der Waals surface area contributed by atoms with Gasteiger partial charge in [-0.05, 0) is 18.5 Å². The Morgan fingerprint density at radius 2 is 2.21 bits per heavy atom. The van der Waals surface area contributed by atoms with Crippen molar-refractivity contribution >= 4 is 5.94 Å². The molecule has 1 saturated heterocycles. The Labute approximate surface area is 114 Å². The first kappa shape index (κ1) is 13.8.